The second-order valence-electron chi connectivity index (χ2n) is 6.55. The van der Waals surface area contributed by atoms with Crippen LogP contribution in [-0.4, -0.2) is 22.0 Å². The summed E-state index contributed by atoms with van der Waals surface area (Å²) in [5.74, 6) is -2.51. The van der Waals surface area contributed by atoms with Crippen LogP contribution in [0.15, 0.2) is 30.3 Å². The maximum Gasteiger partial charge on any atom is 0.361 e. The van der Waals surface area contributed by atoms with E-state index < -0.39 is 17.6 Å². The smallest absolute Gasteiger partial charge is 0.361 e. The Hall–Kier alpha value is -3.09. The first-order chi connectivity index (χ1) is 12.7. The molecule has 0 amide bonds. The Morgan fingerprint density at radius 2 is 1.63 bits per heavy atom. The van der Waals surface area contributed by atoms with E-state index in [0.717, 1.165) is 23.3 Å². The number of carbonyl (C=O) groups excluding carboxylic acids is 1. The number of esters is 1. The molecule has 0 aliphatic heterocycles. The fourth-order valence-corrected chi connectivity index (χ4v) is 2.52. The lowest BCUT2D eigenvalue weighted by Crippen LogP contribution is -2.16. The number of hydrogen-bond acceptors (Lipinski definition) is 5. The van der Waals surface area contributed by atoms with Crippen molar-refractivity contribution < 1.29 is 18.3 Å². The van der Waals surface area contributed by atoms with Crippen molar-refractivity contribution in [2.45, 2.75) is 33.8 Å². The lowest BCUT2D eigenvalue weighted by Gasteiger charge is -2.14. The molecule has 140 valence electrons. The van der Waals surface area contributed by atoms with Crippen LogP contribution in [0.3, 0.4) is 0 Å². The van der Waals surface area contributed by atoms with Gasteiger partial charge in [0.05, 0.1) is 17.1 Å². The van der Waals surface area contributed by atoms with Crippen molar-refractivity contribution in [3.63, 3.8) is 0 Å². The number of nitrogens with zero attached hydrogens (tertiary/aromatic N) is 2. The Balaban J connectivity index is 2.13. The average molecular weight is 371 g/mol. The summed E-state index contributed by atoms with van der Waals surface area (Å²) < 4.78 is 31.9. The van der Waals surface area contributed by atoms with Gasteiger partial charge in [0.2, 0.25) is 0 Å². The van der Waals surface area contributed by atoms with E-state index in [1.165, 1.54) is 6.07 Å². The minimum Gasteiger partial charge on any atom is -0.458 e. The van der Waals surface area contributed by atoms with Crippen LogP contribution in [0.25, 0.3) is 11.0 Å². The number of nitrogens with one attached hydrogen (secondary N) is 1. The van der Waals surface area contributed by atoms with Crippen LogP contribution in [0.5, 0.6) is 0 Å². The molecule has 0 saturated heterocycles. The van der Waals surface area contributed by atoms with Crippen LogP contribution < -0.4 is 5.32 Å². The van der Waals surface area contributed by atoms with Gasteiger partial charge in [-0.25, -0.2) is 23.5 Å². The van der Waals surface area contributed by atoms with E-state index in [4.69, 9.17) is 4.74 Å². The molecule has 3 rings (SSSR count). The molecule has 3 aromatic rings. The fraction of sp³-hybridized carbons (Fsp3) is 0.250. The van der Waals surface area contributed by atoms with Gasteiger partial charge in [-0.15, -0.1) is 0 Å². The van der Waals surface area contributed by atoms with Gasteiger partial charge in [-0.05, 0) is 63.1 Å². The first-order valence-electron chi connectivity index (χ1n) is 8.46. The minimum absolute atomic E-state index is 0.0239. The Bertz CT molecular complexity index is 1040. The number of anilines is 2. The van der Waals surface area contributed by atoms with Crippen molar-refractivity contribution in [2.24, 2.45) is 0 Å². The number of ether oxygens (including phenoxy) is 1. The third-order valence-electron chi connectivity index (χ3n) is 4.00. The SMILES string of the molecule is Cc1cc2nc(Nc3ccc(F)c(F)c3)c(C(=O)OC(C)C)nc2cc1C. The zero-order valence-electron chi connectivity index (χ0n) is 15.4. The molecule has 5 nitrogen and oxygen atoms in total. The second kappa shape index (κ2) is 7.26. The number of benzene rings is 2. The van der Waals surface area contributed by atoms with Crippen LogP contribution in [0.2, 0.25) is 0 Å². The highest BCUT2D eigenvalue weighted by Gasteiger charge is 2.20. The summed E-state index contributed by atoms with van der Waals surface area (Å²) >= 11 is 0. The molecule has 0 aliphatic carbocycles. The fourth-order valence-electron chi connectivity index (χ4n) is 2.52. The standard InChI is InChI=1S/C20H19F2N3O2/c1-10(2)27-20(26)18-19(23-13-5-6-14(21)15(22)9-13)25-17-8-12(4)11(3)7-16(17)24-18/h5-10H,1-4H3,(H,23,25). The summed E-state index contributed by atoms with van der Waals surface area (Å²) in [6.45, 7) is 7.33. The van der Waals surface area contributed by atoms with E-state index in [0.29, 0.717) is 11.0 Å². The monoisotopic (exact) mass is 371 g/mol. The van der Waals surface area contributed by atoms with Crippen molar-refractivity contribution in [2.75, 3.05) is 5.32 Å². The van der Waals surface area contributed by atoms with Gasteiger partial charge in [0.1, 0.15) is 0 Å². The molecule has 0 fully saturated rings. The number of fused-ring (bicyclic) bond motifs is 1. The van der Waals surface area contributed by atoms with E-state index >= 15 is 0 Å². The van der Waals surface area contributed by atoms with E-state index in [-0.39, 0.29) is 23.3 Å². The number of halogens is 2. The van der Waals surface area contributed by atoms with Crippen LogP contribution >= 0.6 is 0 Å². The third kappa shape index (κ3) is 4.02. The van der Waals surface area contributed by atoms with Crippen LogP contribution in [0, 0.1) is 25.5 Å². The highest BCUT2D eigenvalue weighted by Crippen LogP contribution is 2.25. The molecular formula is C20H19F2N3O2. The van der Waals surface area contributed by atoms with E-state index in [1.54, 1.807) is 13.8 Å². The maximum atomic E-state index is 13.5. The predicted octanol–water partition coefficient (Wildman–Crippen LogP) is 4.83. The van der Waals surface area contributed by atoms with Crippen molar-refractivity contribution >= 4 is 28.5 Å². The molecule has 1 aromatic heterocycles. The molecule has 2 aromatic carbocycles. The van der Waals surface area contributed by atoms with Gasteiger partial charge in [-0.3, -0.25) is 0 Å². The molecule has 0 saturated carbocycles. The maximum absolute atomic E-state index is 13.5. The van der Waals surface area contributed by atoms with E-state index in [2.05, 4.69) is 15.3 Å². The summed E-state index contributed by atoms with van der Waals surface area (Å²) in [4.78, 5) is 21.3. The summed E-state index contributed by atoms with van der Waals surface area (Å²) in [5.41, 5.74) is 3.37. The van der Waals surface area contributed by atoms with Crippen molar-refractivity contribution in [3.05, 3.63) is 58.8 Å². The number of hydrogen-bond donors (Lipinski definition) is 1. The Morgan fingerprint density at radius 1 is 1.00 bits per heavy atom. The molecule has 0 spiro atoms. The highest BCUT2D eigenvalue weighted by molar-refractivity contribution is 5.96. The van der Waals surface area contributed by atoms with Gasteiger partial charge in [0, 0.05) is 11.8 Å². The van der Waals surface area contributed by atoms with Crippen molar-refractivity contribution in [1.29, 1.82) is 0 Å². The molecule has 0 bridgehead atoms. The average Bonchev–Trinajstić information content (AvgIpc) is 2.58. The third-order valence-corrected chi connectivity index (χ3v) is 4.00. The highest BCUT2D eigenvalue weighted by atomic mass is 19.2. The largest absolute Gasteiger partial charge is 0.458 e. The van der Waals surface area contributed by atoms with Gasteiger partial charge >= 0.3 is 5.97 Å². The zero-order chi connectivity index (χ0) is 19.7. The molecule has 1 heterocycles. The summed E-state index contributed by atoms with van der Waals surface area (Å²) in [6, 6.07) is 7.02. The van der Waals surface area contributed by atoms with Crippen LogP contribution in [-0.2, 0) is 4.74 Å². The van der Waals surface area contributed by atoms with Crippen molar-refractivity contribution in [3.8, 4) is 0 Å². The van der Waals surface area contributed by atoms with E-state index in [9.17, 15) is 13.6 Å². The van der Waals surface area contributed by atoms with Crippen molar-refractivity contribution in [1.82, 2.24) is 9.97 Å². The normalized spacial score (nSPS) is 11.1. The Labute approximate surface area is 155 Å². The minimum atomic E-state index is -1.01. The van der Waals surface area contributed by atoms with Crippen LogP contribution in [0.4, 0.5) is 20.3 Å². The predicted molar refractivity (Wildman–Crippen MR) is 99.2 cm³/mol. The van der Waals surface area contributed by atoms with Gasteiger partial charge in [0.25, 0.3) is 0 Å². The van der Waals surface area contributed by atoms with E-state index in [1.807, 2.05) is 26.0 Å². The second-order valence-corrected chi connectivity index (χ2v) is 6.55. The number of aryl methyl sites for hydroxylation is 2. The Kier molecular flexibility index (Phi) is 5.03. The molecular weight excluding hydrogens is 352 g/mol. The molecule has 1 N–H and O–H groups in total. The molecule has 0 radical (unpaired) electrons. The van der Waals surface area contributed by atoms with Crippen LogP contribution in [0.1, 0.15) is 35.5 Å². The summed E-state index contributed by atoms with van der Waals surface area (Å²) in [5, 5.41) is 2.84. The quantitative estimate of drug-likeness (QED) is 0.665. The molecule has 0 unspecified atom stereocenters. The Morgan fingerprint density at radius 3 is 2.22 bits per heavy atom. The number of aromatic nitrogens is 2. The topological polar surface area (TPSA) is 64.1 Å². The lowest BCUT2D eigenvalue weighted by atomic mass is 10.1. The lowest BCUT2D eigenvalue weighted by molar-refractivity contribution is 0.0372. The summed E-state index contributed by atoms with van der Waals surface area (Å²) in [6.07, 6.45) is -0.342. The van der Waals surface area contributed by atoms with Gasteiger partial charge < -0.3 is 10.1 Å². The zero-order valence-corrected chi connectivity index (χ0v) is 15.4. The first-order valence-corrected chi connectivity index (χ1v) is 8.46. The van der Waals surface area contributed by atoms with Gasteiger partial charge in [-0.1, -0.05) is 0 Å². The summed E-state index contributed by atoms with van der Waals surface area (Å²) in [7, 11) is 0. The molecule has 27 heavy (non-hydrogen) atoms. The molecule has 0 aliphatic rings. The first kappa shape index (κ1) is 18.7. The molecule has 0 atom stereocenters. The van der Waals surface area contributed by atoms with Gasteiger partial charge in [0.15, 0.2) is 23.1 Å². The number of rotatable bonds is 4. The molecule has 7 heteroatoms. The number of carbonyl (C=O) groups is 1. The van der Waals surface area contributed by atoms with Gasteiger partial charge in [-0.2, -0.15) is 0 Å².